The van der Waals surface area contributed by atoms with E-state index in [0.29, 0.717) is 25.6 Å². The van der Waals surface area contributed by atoms with Crippen LogP contribution in [0, 0.1) is 0 Å². The van der Waals surface area contributed by atoms with E-state index in [1.807, 2.05) is 17.6 Å². The molecule has 0 unspecified atom stereocenters. The molecule has 0 spiro atoms. The number of aryl methyl sites for hydroxylation is 1. The van der Waals surface area contributed by atoms with Crippen molar-refractivity contribution >= 4 is 5.96 Å². The molecule has 0 aliphatic carbocycles. The molecule has 2 N–H and O–H groups in total. The average molecular weight is 352 g/mol. The third-order valence-corrected chi connectivity index (χ3v) is 3.46. The largest absolute Gasteiger partial charge is 0.435 e. The van der Waals surface area contributed by atoms with Gasteiger partial charge in [0.15, 0.2) is 5.96 Å². The summed E-state index contributed by atoms with van der Waals surface area (Å²) < 4.78 is 30.9. The van der Waals surface area contributed by atoms with Crippen molar-refractivity contribution in [3.8, 4) is 5.75 Å². The lowest BCUT2D eigenvalue weighted by Crippen LogP contribution is -2.38. The van der Waals surface area contributed by atoms with Gasteiger partial charge in [0.05, 0.1) is 0 Å². The van der Waals surface area contributed by atoms with Crippen molar-refractivity contribution in [3.63, 3.8) is 0 Å². The molecule has 136 valence electrons. The molecule has 2 aromatic rings. The van der Waals surface area contributed by atoms with Crippen LogP contribution in [0.3, 0.4) is 0 Å². The molecule has 0 radical (unpaired) electrons. The van der Waals surface area contributed by atoms with Gasteiger partial charge < -0.3 is 19.9 Å². The minimum absolute atomic E-state index is 0.136. The Labute approximate surface area is 145 Å². The van der Waals surface area contributed by atoms with Gasteiger partial charge in [-0.15, -0.1) is 10.2 Å². The molecule has 2 rings (SSSR count). The van der Waals surface area contributed by atoms with E-state index < -0.39 is 6.61 Å². The normalized spacial score (nSPS) is 11.6. The fraction of sp³-hybridized carbons (Fsp3) is 0.438. The maximum Gasteiger partial charge on any atom is 0.387 e. The fourth-order valence-corrected chi connectivity index (χ4v) is 2.27. The van der Waals surface area contributed by atoms with Crippen molar-refractivity contribution in [2.24, 2.45) is 4.99 Å². The standard InChI is InChI=1S/C16H22F2N6O/c1-3-14-23-22-11-24(14)8-7-20-16(19-2)21-10-12-5-4-6-13(9-12)25-15(17)18/h4-6,9,11,15H,3,7-8,10H2,1-2H3,(H2,19,20,21). The predicted molar refractivity (Wildman–Crippen MR) is 90.7 cm³/mol. The minimum Gasteiger partial charge on any atom is -0.435 e. The average Bonchev–Trinajstić information content (AvgIpc) is 3.05. The van der Waals surface area contributed by atoms with E-state index in [2.05, 4.69) is 30.6 Å². The van der Waals surface area contributed by atoms with Crippen molar-refractivity contribution in [2.75, 3.05) is 13.6 Å². The van der Waals surface area contributed by atoms with Crippen LogP contribution in [0.5, 0.6) is 5.75 Å². The second kappa shape index (κ2) is 9.55. The topological polar surface area (TPSA) is 76.4 Å². The highest BCUT2D eigenvalue weighted by atomic mass is 19.3. The summed E-state index contributed by atoms with van der Waals surface area (Å²) in [4.78, 5) is 4.14. The lowest BCUT2D eigenvalue weighted by Gasteiger charge is -2.13. The predicted octanol–water partition coefficient (Wildman–Crippen LogP) is 1.81. The Balaban J connectivity index is 1.80. The van der Waals surface area contributed by atoms with Gasteiger partial charge >= 0.3 is 6.61 Å². The van der Waals surface area contributed by atoms with E-state index in [1.165, 1.54) is 6.07 Å². The first-order valence-corrected chi connectivity index (χ1v) is 7.97. The Kier molecular flexibility index (Phi) is 7.12. The Morgan fingerprint density at radius 3 is 2.92 bits per heavy atom. The maximum atomic E-state index is 12.3. The van der Waals surface area contributed by atoms with Gasteiger partial charge in [0.25, 0.3) is 0 Å². The van der Waals surface area contributed by atoms with E-state index in [1.54, 1.807) is 25.5 Å². The van der Waals surface area contributed by atoms with Gasteiger partial charge in [-0.05, 0) is 17.7 Å². The van der Waals surface area contributed by atoms with E-state index in [0.717, 1.165) is 17.8 Å². The number of hydrogen-bond acceptors (Lipinski definition) is 4. The summed E-state index contributed by atoms with van der Waals surface area (Å²) >= 11 is 0. The number of aliphatic imine (C=N–C) groups is 1. The lowest BCUT2D eigenvalue weighted by atomic mass is 10.2. The molecular formula is C16H22F2N6O. The van der Waals surface area contributed by atoms with Crippen LogP contribution in [0.1, 0.15) is 18.3 Å². The summed E-state index contributed by atoms with van der Waals surface area (Å²) in [6.45, 7) is 1.00. The highest BCUT2D eigenvalue weighted by Gasteiger charge is 2.06. The zero-order valence-corrected chi connectivity index (χ0v) is 14.2. The van der Waals surface area contributed by atoms with Crippen LogP contribution >= 0.6 is 0 Å². The van der Waals surface area contributed by atoms with Crippen molar-refractivity contribution in [1.29, 1.82) is 0 Å². The Bertz CT molecular complexity index is 689. The van der Waals surface area contributed by atoms with Crippen LogP contribution in [0.15, 0.2) is 35.6 Å². The third-order valence-electron chi connectivity index (χ3n) is 3.46. The zero-order valence-electron chi connectivity index (χ0n) is 14.2. The van der Waals surface area contributed by atoms with Gasteiger partial charge in [0.1, 0.15) is 17.9 Å². The molecule has 0 saturated carbocycles. The molecule has 1 aromatic carbocycles. The van der Waals surface area contributed by atoms with Crippen LogP contribution in [-0.2, 0) is 19.5 Å². The van der Waals surface area contributed by atoms with Crippen molar-refractivity contribution in [2.45, 2.75) is 33.0 Å². The quantitative estimate of drug-likeness (QED) is 0.560. The van der Waals surface area contributed by atoms with Crippen LogP contribution in [0.25, 0.3) is 0 Å². The molecular weight excluding hydrogens is 330 g/mol. The molecule has 0 fully saturated rings. The maximum absolute atomic E-state index is 12.3. The van der Waals surface area contributed by atoms with Crippen LogP contribution < -0.4 is 15.4 Å². The first-order valence-electron chi connectivity index (χ1n) is 7.97. The smallest absolute Gasteiger partial charge is 0.387 e. The number of halogens is 2. The number of benzene rings is 1. The monoisotopic (exact) mass is 352 g/mol. The minimum atomic E-state index is -2.83. The molecule has 0 amide bonds. The lowest BCUT2D eigenvalue weighted by molar-refractivity contribution is -0.0498. The number of hydrogen-bond donors (Lipinski definition) is 2. The van der Waals surface area contributed by atoms with E-state index in [4.69, 9.17) is 0 Å². The number of nitrogens with zero attached hydrogens (tertiary/aromatic N) is 4. The number of nitrogens with one attached hydrogen (secondary N) is 2. The van der Waals surface area contributed by atoms with Crippen molar-refractivity contribution < 1.29 is 13.5 Å². The summed E-state index contributed by atoms with van der Waals surface area (Å²) in [5.74, 6) is 1.68. The van der Waals surface area contributed by atoms with Crippen LogP contribution in [0.2, 0.25) is 0 Å². The first kappa shape index (κ1) is 18.6. The number of rotatable bonds is 8. The van der Waals surface area contributed by atoms with Crippen molar-refractivity contribution in [3.05, 3.63) is 42.0 Å². The van der Waals surface area contributed by atoms with Gasteiger partial charge in [0.2, 0.25) is 0 Å². The highest BCUT2D eigenvalue weighted by Crippen LogP contribution is 2.15. The van der Waals surface area contributed by atoms with E-state index >= 15 is 0 Å². The Morgan fingerprint density at radius 2 is 2.20 bits per heavy atom. The second-order valence-electron chi connectivity index (χ2n) is 5.17. The number of guanidine groups is 1. The molecule has 1 heterocycles. The summed E-state index contributed by atoms with van der Waals surface area (Å²) in [7, 11) is 1.67. The first-order chi connectivity index (χ1) is 12.1. The van der Waals surface area contributed by atoms with Gasteiger partial charge in [-0.3, -0.25) is 4.99 Å². The fourth-order valence-electron chi connectivity index (χ4n) is 2.27. The molecule has 1 aromatic heterocycles. The summed E-state index contributed by atoms with van der Waals surface area (Å²) in [5.41, 5.74) is 0.813. The molecule has 0 aliphatic rings. The van der Waals surface area contributed by atoms with Gasteiger partial charge in [-0.1, -0.05) is 19.1 Å². The Hall–Kier alpha value is -2.71. The van der Waals surface area contributed by atoms with Crippen molar-refractivity contribution in [1.82, 2.24) is 25.4 Å². The third kappa shape index (κ3) is 6.02. The van der Waals surface area contributed by atoms with Crippen LogP contribution in [0.4, 0.5) is 8.78 Å². The van der Waals surface area contributed by atoms with Gasteiger partial charge in [-0.25, -0.2) is 0 Å². The summed E-state index contributed by atoms with van der Waals surface area (Å²) in [6, 6.07) is 6.55. The summed E-state index contributed by atoms with van der Waals surface area (Å²) in [5, 5.41) is 14.2. The zero-order chi connectivity index (χ0) is 18.1. The van der Waals surface area contributed by atoms with Crippen LogP contribution in [-0.4, -0.2) is 40.9 Å². The molecule has 0 bridgehead atoms. The number of ether oxygens (including phenoxy) is 1. The number of alkyl halides is 2. The number of aromatic nitrogens is 3. The summed E-state index contributed by atoms with van der Waals surface area (Å²) in [6.07, 6.45) is 2.52. The van der Waals surface area contributed by atoms with E-state index in [9.17, 15) is 8.78 Å². The SMILES string of the molecule is CCc1nncn1CCNC(=NC)NCc1cccc(OC(F)F)c1. The molecule has 7 nitrogen and oxygen atoms in total. The van der Waals surface area contributed by atoms with E-state index in [-0.39, 0.29) is 5.75 Å². The van der Waals surface area contributed by atoms with Gasteiger partial charge in [-0.2, -0.15) is 8.78 Å². The Morgan fingerprint density at radius 1 is 1.36 bits per heavy atom. The molecule has 0 aliphatic heterocycles. The highest BCUT2D eigenvalue weighted by molar-refractivity contribution is 5.79. The molecule has 0 saturated heterocycles. The second-order valence-corrected chi connectivity index (χ2v) is 5.17. The molecule has 0 atom stereocenters. The molecule has 9 heteroatoms. The van der Waals surface area contributed by atoms with Gasteiger partial charge in [0, 0.05) is 33.1 Å². The molecule has 25 heavy (non-hydrogen) atoms.